The molecule has 6 heteroatoms. The maximum Gasteiger partial charge on any atom is 0.335 e. The highest BCUT2D eigenvalue weighted by atomic mass is 16.4. The van der Waals surface area contributed by atoms with Gasteiger partial charge in [-0.2, -0.15) is 0 Å². The smallest absolute Gasteiger partial charge is 0.335 e. The first-order chi connectivity index (χ1) is 8.01. The van der Waals surface area contributed by atoms with Crippen LogP contribution in [-0.4, -0.2) is 34.2 Å². The number of carboxylic acids is 1. The Morgan fingerprint density at radius 3 is 2.59 bits per heavy atom. The van der Waals surface area contributed by atoms with E-state index in [0.29, 0.717) is 6.29 Å². The molecule has 0 aliphatic heterocycles. The second kappa shape index (κ2) is 5.42. The van der Waals surface area contributed by atoms with Gasteiger partial charge in [0.25, 0.3) is 0 Å². The third-order valence-corrected chi connectivity index (χ3v) is 2.38. The fraction of sp³-hybridized carbons (Fsp3) is 0.273. The minimum atomic E-state index is -1.22. The lowest BCUT2D eigenvalue weighted by molar-refractivity contribution is 0.0696. The molecule has 0 amide bonds. The van der Waals surface area contributed by atoms with Crippen LogP contribution < -0.4 is 5.73 Å². The first-order valence-electron chi connectivity index (χ1n) is 4.93. The van der Waals surface area contributed by atoms with Crippen LogP contribution in [0.2, 0.25) is 0 Å². The number of aldehydes is 1. The predicted octanol–water partition coefficient (Wildman–Crippen LogP) is 0.285. The van der Waals surface area contributed by atoms with E-state index in [1.165, 1.54) is 6.07 Å². The van der Waals surface area contributed by atoms with Gasteiger partial charge in [-0.3, -0.25) is 4.79 Å². The minimum absolute atomic E-state index is 0.131. The van der Waals surface area contributed by atoms with E-state index in [0.717, 1.165) is 6.07 Å². The molecule has 1 rings (SSSR count). The van der Waals surface area contributed by atoms with Gasteiger partial charge < -0.3 is 21.1 Å². The number of rotatable bonds is 5. The normalized spacial score (nSPS) is 12.1. The van der Waals surface area contributed by atoms with Crippen LogP contribution in [0.1, 0.15) is 38.7 Å². The summed E-state index contributed by atoms with van der Waals surface area (Å²) < 4.78 is 0. The zero-order valence-electron chi connectivity index (χ0n) is 8.96. The molecular weight excluding hydrogens is 226 g/mol. The molecule has 92 valence electrons. The van der Waals surface area contributed by atoms with E-state index in [-0.39, 0.29) is 35.5 Å². The highest BCUT2D eigenvalue weighted by molar-refractivity contribution is 5.92. The van der Waals surface area contributed by atoms with Crippen molar-refractivity contribution in [2.45, 2.75) is 12.5 Å². The number of aliphatic hydroxyl groups excluding tert-OH is 1. The van der Waals surface area contributed by atoms with Gasteiger partial charge in [0.1, 0.15) is 5.75 Å². The molecule has 1 atom stereocenters. The largest absolute Gasteiger partial charge is 0.507 e. The van der Waals surface area contributed by atoms with Crippen LogP contribution in [-0.2, 0) is 0 Å². The first-order valence-corrected chi connectivity index (χ1v) is 4.93. The number of aromatic hydroxyl groups is 1. The molecular formula is C11H13NO5. The van der Waals surface area contributed by atoms with Gasteiger partial charge in [0.15, 0.2) is 6.29 Å². The third kappa shape index (κ3) is 2.80. The summed E-state index contributed by atoms with van der Waals surface area (Å²) in [4.78, 5) is 21.5. The Morgan fingerprint density at radius 2 is 2.12 bits per heavy atom. The lowest BCUT2D eigenvalue weighted by Crippen LogP contribution is -2.14. The number of phenolic OH excluding ortho intramolecular Hbond substituents is 1. The van der Waals surface area contributed by atoms with Crippen LogP contribution in [0.5, 0.6) is 5.75 Å². The van der Waals surface area contributed by atoms with Crippen molar-refractivity contribution in [3.8, 4) is 5.75 Å². The molecule has 0 fully saturated rings. The summed E-state index contributed by atoms with van der Waals surface area (Å²) in [7, 11) is 0. The Morgan fingerprint density at radius 1 is 1.47 bits per heavy atom. The number of benzene rings is 1. The van der Waals surface area contributed by atoms with Crippen molar-refractivity contribution in [3.63, 3.8) is 0 Å². The molecule has 0 radical (unpaired) electrons. The molecule has 0 spiro atoms. The average Bonchev–Trinajstić information content (AvgIpc) is 2.29. The molecule has 0 saturated carbocycles. The van der Waals surface area contributed by atoms with Crippen molar-refractivity contribution >= 4 is 12.3 Å². The molecule has 5 N–H and O–H groups in total. The number of aromatic carboxylic acids is 1. The topological polar surface area (TPSA) is 121 Å². The number of phenols is 1. The predicted molar refractivity (Wildman–Crippen MR) is 59.1 cm³/mol. The number of carbonyl (C=O) groups excluding carboxylic acids is 1. The Bertz CT molecular complexity index is 444. The molecule has 0 aliphatic carbocycles. The Hall–Kier alpha value is -1.92. The number of carbonyl (C=O) groups is 2. The van der Waals surface area contributed by atoms with Crippen molar-refractivity contribution in [1.29, 1.82) is 0 Å². The molecule has 0 aliphatic rings. The molecule has 1 aromatic carbocycles. The van der Waals surface area contributed by atoms with Gasteiger partial charge in [-0.15, -0.1) is 0 Å². The molecule has 0 saturated heterocycles. The van der Waals surface area contributed by atoms with Crippen molar-refractivity contribution in [1.82, 2.24) is 0 Å². The second-order valence-corrected chi connectivity index (χ2v) is 3.55. The zero-order chi connectivity index (χ0) is 13.0. The number of aliphatic hydroxyl groups is 1. The molecule has 1 aromatic rings. The van der Waals surface area contributed by atoms with Crippen LogP contribution in [0.25, 0.3) is 0 Å². The summed E-state index contributed by atoms with van der Waals surface area (Å²) in [6.07, 6.45) is 0.520. The fourth-order valence-electron chi connectivity index (χ4n) is 1.47. The summed E-state index contributed by atoms with van der Waals surface area (Å²) in [6, 6.07) is 1.54. The van der Waals surface area contributed by atoms with Gasteiger partial charge in [0.05, 0.1) is 11.1 Å². The van der Waals surface area contributed by atoms with Crippen LogP contribution in [0.3, 0.4) is 0 Å². The van der Waals surface area contributed by atoms with Crippen LogP contribution >= 0.6 is 0 Å². The van der Waals surface area contributed by atoms with Crippen LogP contribution in [0, 0.1) is 0 Å². The standard InChI is InChI=1S/C11H13NO5/c12-9(1-2-13)8-4-6(11(16)17)3-7(5-14)10(8)15/h3-5,9,13,15H,1-2,12H2,(H,16,17). The van der Waals surface area contributed by atoms with Gasteiger partial charge in [0.2, 0.25) is 0 Å². The van der Waals surface area contributed by atoms with Crippen LogP contribution in [0.4, 0.5) is 0 Å². The number of hydrogen-bond acceptors (Lipinski definition) is 5. The van der Waals surface area contributed by atoms with E-state index >= 15 is 0 Å². The lowest BCUT2D eigenvalue weighted by Gasteiger charge is -2.14. The highest BCUT2D eigenvalue weighted by Crippen LogP contribution is 2.29. The average molecular weight is 239 g/mol. The molecule has 17 heavy (non-hydrogen) atoms. The summed E-state index contributed by atoms with van der Waals surface area (Å²) in [5, 5.41) is 27.3. The molecule has 6 nitrogen and oxygen atoms in total. The quantitative estimate of drug-likeness (QED) is 0.548. The Kier molecular flexibility index (Phi) is 4.19. The summed E-state index contributed by atoms with van der Waals surface area (Å²) in [6.45, 7) is -0.200. The first kappa shape index (κ1) is 13.1. The summed E-state index contributed by atoms with van der Waals surface area (Å²) in [5.74, 6) is -1.56. The zero-order valence-corrected chi connectivity index (χ0v) is 8.96. The van der Waals surface area contributed by atoms with E-state index < -0.39 is 12.0 Å². The number of nitrogens with two attached hydrogens (primary N) is 1. The lowest BCUT2D eigenvalue weighted by atomic mass is 9.98. The maximum atomic E-state index is 10.8. The maximum absolute atomic E-state index is 10.8. The van der Waals surface area contributed by atoms with Crippen molar-refractivity contribution < 1.29 is 24.9 Å². The van der Waals surface area contributed by atoms with Gasteiger partial charge in [-0.05, 0) is 18.6 Å². The van der Waals surface area contributed by atoms with Crippen molar-refractivity contribution in [3.05, 3.63) is 28.8 Å². The van der Waals surface area contributed by atoms with Gasteiger partial charge in [0, 0.05) is 18.2 Å². The van der Waals surface area contributed by atoms with E-state index in [2.05, 4.69) is 0 Å². The van der Waals surface area contributed by atoms with Crippen LogP contribution in [0.15, 0.2) is 12.1 Å². The van der Waals surface area contributed by atoms with E-state index in [9.17, 15) is 14.7 Å². The van der Waals surface area contributed by atoms with Crippen molar-refractivity contribution in [2.24, 2.45) is 5.73 Å². The van der Waals surface area contributed by atoms with E-state index in [1.807, 2.05) is 0 Å². The monoisotopic (exact) mass is 239 g/mol. The number of carboxylic acid groups (broad SMARTS) is 1. The number of hydrogen-bond donors (Lipinski definition) is 4. The summed E-state index contributed by atoms with van der Waals surface area (Å²) in [5.41, 5.74) is 5.55. The van der Waals surface area contributed by atoms with E-state index in [1.54, 1.807) is 0 Å². The van der Waals surface area contributed by atoms with Gasteiger partial charge in [-0.1, -0.05) is 0 Å². The van der Waals surface area contributed by atoms with Gasteiger partial charge >= 0.3 is 5.97 Å². The Balaban J connectivity index is 3.31. The van der Waals surface area contributed by atoms with E-state index in [4.69, 9.17) is 15.9 Å². The third-order valence-electron chi connectivity index (χ3n) is 2.38. The molecule has 0 heterocycles. The minimum Gasteiger partial charge on any atom is -0.507 e. The highest BCUT2D eigenvalue weighted by Gasteiger charge is 2.17. The fourth-order valence-corrected chi connectivity index (χ4v) is 1.47. The second-order valence-electron chi connectivity index (χ2n) is 3.55. The SMILES string of the molecule is NC(CCO)c1cc(C(=O)O)cc(C=O)c1O. The molecule has 0 bridgehead atoms. The van der Waals surface area contributed by atoms with Gasteiger partial charge in [-0.25, -0.2) is 4.79 Å². The Labute approximate surface area is 97.3 Å². The van der Waals surface area contributed by atoms with Crippen molar-refractivity contribution in [2.75, 3.05) is 6.61 Å². The summed E-state index contributed by atoms with van der Waals surface area (Å²) >= 11 is 0. The molecule has 1 unspecified atom stereocenters. The molecule has 0 aromatic heterocycles.